The molecule has 1 aromatic rings. The molecule has 0 fully saturated rings. The fraction of sp³-hybridized carbons (Fsp3) is 0.600. The Bertz CT molecular complexity index is 335. The third-order valence-electron chi connectivity index (χ3n) is 2.41. The molecule has 1 aromatic carbocycles. The minimum Gasteiger partial charge on any atom is -0.491 e. The second kappa shape index (κ2) is 5.90. The van der Waals surface area contributed by atoms with Gasteiger partial charge in [0.25, 0.3) is 0 Å². The maximum absolute atomic E-state index is 5.63. The molecule has 0 spiro atoms. The van der Waals surface area contributed by atoms with Crippen LogP contribution in [0.5, 0.6) is 5.75 Å². The molecule has 0 heterocycles. The SMILES string of the molecule is CC(C)Oc1ccc(C(Br)CC(C)(C)C)cc1. The van der Waals surface area contributed by atoms with E-state index >= 15 is 0 Å². The van der Waals surface area contributed by atoms with E-state index in [0.717, 1.165) is 12.2 Å². The van der Waals surface area contributed by atoms with Crippen LogP contribution in [0, 0.1) is 5.41 Å². The molecule has 0 radical (unpaired) electrons. The van der Waals surface area contributed by atoms with Crippen molar-refractivity contribution in [2.24, 2.45) is 5.41 Å². The van der Waals surface area contributed by atoms with Gasteiger partial charge in [0.15, 0.2) is 0 Å². The summed E-state index contributed by atoms with van der Waals surface area (Å²) in [4.78, 5) is 0.413. The molecule has 0 saturated heterocycles. The van der Waals surface area contributed by atoms with Crippen LogP contribution in [0.3, 0.4) is 0 Å². The normalized spacial score (nSPS) is 13.8. The van der Waals surface area contributed by atoms with Crippen LogP contribution < -0.4 is 4.74 Å². The minimum atomic E-state index is 0.232. The zero-order valence-corrected chi connectivity index (χ0v) is 13.0. The third-order valence-corrected chi connectivity index (χ3v) is 3.26. The lowest BCUT2D eigenvalue weighted by atomic mass is 9.88. The van der Waals surface area contributed by atoms with Gasteiger partial charge >= 0.3 is 0 Å². The van der Waals surface area contributed by atoms with Gasteiger partial charge in [-0.15, -0.1) is 0 Å². The Morgan fingerprint density at radius 3 is 2.06 bits per heavy atom. The molecule has 0 bridgehead atoms. The molecule has 2 heteroatoms. The fourth-order valence-electron chi connectivity index (χ4n) is 1.68. The van der Waals surface area contributed by atoms with E-state index in [1.54, 1.807) is 0 Å². The average Bonchev–Trinajstić information content (AvgIpc) is 2.15. The minimum absolute atomic E-state index is 0.232. The van der Waals surface area contributed by atoms with Crippen molar-refractivity contribution < 1.29 is 4.74 Å². The van der Waals surface area contributed by atoms with E-state index in [1.165, 1.54) is 5.56 Å². The van der Waals surface area contributed by atoms with Gasteiger partial charge in [0.1, 0.15) is 5.75 Å². The van der Waals surface area contributed by atoms with E-state index in [-0.39, 0.29) is 6.10 Å². The van der Waals surface area contributed by atoms with E-state index in [1.807, 2.05) is 26.0 Å². The lowest BCUT2D eigenvalue weighted by Gasteiger charge is -2.22. The lowest BCUT2D eigenvalue weighted by molar-refractivity contribution is 0.242. The third kappa shape index (κ3) is 5.58. The van der Waals surface area contributed by atoms with Crippen LogP contribution in [-0.4, -0.2) is 6.10 Å². The van der Waals surface area contributed by atoms with Crippen molar-refractivity contribution >= 4 is 15.9 Å². The molecule has 17 heavy (non-hydrogen) atoms. The van der Waals surface area contributed by atoms with Crippen LogP contribution in [-0.2, 0) is 0 Å². The quantitative estimate of drug-likeness (QED) is 0.681. The number of alkyl halides is 1. The van der Waals surface area contributed by atoms with Crippen LogP contribution in [0.25, 0.3) is 0 Å². The maximum atomic E-state index is 5.63. The van der Waals surface area contributed by atoms with E-state index in [0.29, 0.717) is 10.2 Å². The zero-order valence-electron chi connectivity index (χ0n) is 11.5. The highest BCUT2D eigenvalue weighted by atomic mass is 79.9. The number of ether oxygens (including phenoxy) is 1. The smallest absolute Gasteiger partial charge is 0.119 e. The van der Waals surface area contributed by atoms with Crippen molar-refractivity contribution in [3.8, 4) is 5.75 Å². The van der Waals surface area contributed by atoms with E-state index < -0.39 is 0 Å². The van der Waals surface area contributed by atoms with Crippen LogP contribution in [0.4, 0.5) is 0 Å². The Kier molecular flexibility index (Phi) is 5.05. The van der Waals surface area contributed by atoms with Crippen LogP contribution in [0.15, 0.2) is 24.3 Å². The Morgan fingerprint density at radius 2 is 1.65 bits per heavy atom. The van der Waals surface area contributed by atoms with Gasteiger partial charge in [0, 0.05) is 4.83 Å². The Labute approximate surface area is 114 Å². The standard InChI is InChI=1S/C15H23BrO/c1-11(2)17-13-8-6-12(7-9-13)14(16)10-15(3,4)5/h6-9,11,14H,10H2,1-5H3. The summed E-state index contributed by atoms with van der Waals surface area (Å²) in [7, 11) is 0. The largest absolute Gasteiger partial charge is 0.491 e. The molecule has 96 valence electrons. The van der Waals surface area contributed by atoms with Gasteiger partial charge in [-0.25, -0.2) is 0 Å². The first-order chi connectivity index (χ1) is 7.78. The van der Waals surface area contributed by atoms with Crippen LogP contribution >= 0.6 is 15.9 Å². The first kappa shape index (κ1) is 14.6. The molecule has 1 unspecified atom stereocenters. The summed E-state index contributed by atoms with van der Waals surface area (Å²) < 4.78 is 5.63. The van der Waals surface area contributed by atoms with Crippen molar-refractivity contribution in [1.82, 2.24) is 0 Å². The first-order valence-electron chi connectivity index (χ1n) is 6.18. The van der Waals surface area contributed by atoms with Crippen molar-refractivity contribution in [2.75, 3.05) is 0 Å². The van der Waals surface area contributed by atoms with Crippen LogP contribution in [0.2, 0.25) is 0 Å². The lowest BCUT2D eigenvalue weighted by Crippen LogP contribution is -2.08. The number of hydrogen-bond donors (Lipinski definition) is 0. The molecule has 0 aliphatic carbocycles. The summed E-state index contributed by atoms with van der Waals surface area (Å²) in [6.45, 7) is 10.9. The molecule has 0 N–H and O–H groups in total. The van der Waals surface area contributed by atoms with Crippen molar-refractivity contribution in [3.05, 3.63) is 29.8 Å². The van der Waals surface area contributed by atoms with Gasteiger partial charge < -0.3 is 4.74 Å². The highest BCUT2D eigenvalue weighted by molar-refractivity contribution is 9.09. The molecule has 0 saturated carbocycles. The first-order valence-corrected chi connectivity index (χ1v) is 7.10. The molecule has 1 rings (SSSR count). The molecule has 1 nitrogen and oxygen atoms in total. The molecule has 0 amide bonds. The summed E-state index contributed by atoms with van der Waals surface area (Å²) in [6, 6.07) is 8.38. The topological polar surface area (TPSA) is 9.23 Å². The summed E-state index contributed by atoms with van der Waals surface area (Å²) in [5, 5.41) is 0. The zero-order chi connectivity index (χ0) is 13.1. The number of rotatable bonds is 4. The summed E-state index contributed by atoms with van der Waals surface area (Å²) in [5.41, 5.74) is 1.65. The second-order valence-corrected chi connectivity index (χ2v) is 7.07. The molecule has 0 aliphatic heterocycles. The van der Waals surface area contributed by atoms with Crippen molar-refractivity contribution in [1.29, 1.82) is 0 Å². The molecule has 0 aromatic heterocycles. The van der Waals surface area contributed by atoms with Crippen molar-refractivity contribution in [3.63, 3.8) is 0 Å². The van der Waals surface area contributed by atoms with E-state index in [9.17, 15) is 0 Å². The van der Waals surface area contributed by atoms with Crippen molar-refractivity contribution in [2.45, 2.75) is 52.0 Å². The average molecular weight is 299 g/mol. The predicted molar refractivity (Wildman–Crippen MR) is 77.9 cm³/mol. The second-order valence-electron chi connectivity index (χ2n) is 5.97. The Morgan fingerprint density at radius 1 is 1.12 bits per heavy atom. The predicted octanol–water partition coefficient (Wildman–Crippen LogP) is 5.35. The molecular formula is C15H23BrO. The molecular weight excluding hydrogens is 276 g/mol. The van der Waals surface area contributed by atoms with E-state index in [4.69, 9.17) is 4.74 Å². The summed E-state index contributed by atoms with van der Waals surface area (Å²) in [6.07, 6.45) is 1.35. The number of benzene rings is 1. The highest BCUT2D eigenvalue weighted by Crippen LogP contribution is 2.35. The van der Waals surface area contributed by atoms with Gasteiger partial charge in [-0.05, 0) is 43.4 Å². The van der Waals surface area contributed by atoms with Crippen LogP contribution in [0.1, 0.15) is 51.4 Å². The van der Waals surface area contributed by atoms with Gasteiger partial charge in [0.05, 0.1) is 6.10 Å². The Balaban J connectivity index is 2.67. The fourth-order valence-corrected chi connectivity index (χ4v) is 2.96. The number of hydrogen-bond acceptors (Lipinski definition) is 1. The summed E-state index contributed by atoms with van der Waals surface area (Å²) in [5.74, 6) is 0.944. The van der Waals surface area contributed by atoms with E-state index in [2.05, 4.69) is 48.8 Å². The van der Waals surface area contributed by atoms with Gasteiger partial charge in [0.2, 0.25) is 0 Å². The van der Waals surface area contributed by atoms with Gasteiger partial charge in [-0.3, -0.25) is 0 Å². The Hall–Kier alpha value is -0.500. The monoisotopic (exact) mass is 298 g/mol. The van der Waals surface area contributed by atoms with Gasteiger partial charge in [-0.2, -0.15) is 0 Å². The molecule has 1 atom stereocenters. The molecule has 0 aliphatic rings. The highest BCUT2D eigenvalue weighted by Gasteiger charge is 2.17. The number of halogens is 1. The van der Waals surface area contributed by atoms with Gasteiger partial charge in [-0.1, -0.05) is 48.8 Å². The maximum Gasteiger partial charge on any atom is 0.119 e. The summed E-state index contributed by atoms with van der Waals surface area (Å²) >= 11 is 3.76.